The normalized spacial score (nSPS) is 23.7. The first kappa shape index (κ1) is 14.8. The van der Waals surface area contributed by atoms with Gasteiger partial charge in [0.25, 0.3) is 10.1 Å². The molecule has 0 radical (unpaired) electrons. The summed E-state index contributed by atoms with van der Waals surface area (Å²) in [6.07, 6.45) is 0.398. The van der Waals surface area contributed by atoms with E-state index in [2.05, 4.69) is 0 Å². The molecule has 1 unspecified atom stereocenters. The molecule has 0 aromatic heterocycles. The lowest BCUT2D eigenvalue weighted by Gasteiger charge is -2.23. The zero-order valence-corrected chi connectivity index (χ0v) is 13.0. The Bertz CT molecular complexity index is 813. The highest BCUT2D eigenvalue weighted by atomic mass is 32.2. The minimum Gasteiger partial charge on any atom is -0.398 e. The summed E-state index contributed by atoms with van der Waals surface area (Å²) >= 11 is 0. The van der Waals surface area contributed by atoms with Crippen LogP contribution >= 0.6 is 0 Å². The topological polar surface area (TPSA) is 69.4 Å². The van der Waals surface area contributed by atoms with Crippen molar-refractivity contribution in [2.75, 3.05) is 0 Å². The summed E-state index contributed by atoms with van der Waals surface area (Å²) in [5.74, 6) is 0. The molecule has 0 bridgehead atoms. The molecule has 3 rings (SSSR count). The molecular formula is C17H17NO3S. The van der Waals surface area contributed by atoms with Gasteiger partial charge >= 0.3 is 0 Å². The van der Waals surface area contributed by atoms with E-state index in [-0.39, 0.29) is 10.6 Å². The van der Waals surface area contributed by atoms with Crippen LogP contribution in [0.3, 0.4) is 0 Å². The largest absolute Gasteiger partial charge is 0.398 e. The number of rotatable bonds is 3. The Kier molecular flexibility index (Phi) is 3.54. The molecule has 0 fully saturated rings. The highest BCUT2D eigenvalue weighted by Gasteiger charge is 2.46. The van der Waals surface area contributed by atoms with Crippen LogP contribution in [-0.4, -0.2) is 14.0 Å². The Morgan fingerprint density at radius 1 is 1.00 bits per heavy atom. The van der Waals surface area contributed by atoms with Crippen LogP contribution in [0.2, 0.25) is 0 Å². The van der Waals surface area contributed by atoms with Gasteiger partial charge in [0.15, 0.2) is 0 Å². The van der Waals surface area contributed by atoms with Crippen molar-refractivity contribution in [2.45, 2.75) is 18.9 Å². The van der Waals surface area contributed by atoms with Gasteiger partial charge in [-0.3, -0.25) is 4.18 Å². The third-order valence-corrected chi connectivity index (χ3v) is 5.32. The molecule has 5 heteroatoms. The summed E-state index contributed by atoms with van der Waals surface area (Å²) in [6, 6.07) is 18.4. The van der Waals surface area contributed by atoms with Gasteiger partial charge in [-0.2, -0.15) is 8.42 Å². The van der Waals surface area contributed by atoms with Gasteiger partial charge in [0.2, 0.25) is 0 Å². The van der Waals surface area contributed by atoms with Gasteiger partial charge in [-0.05, 0) is 18.1 Å². The van der Waals surface area contributed by atoms with Crippen molar-refractivity contribution in [1.82, 2.24) is 0 Å². The van der Waals surface area contributed by atoms with Crippen molar-refractivity contribution in [3.63, 3.8) is 0 Å². The van der Waals surface area contributed by atoms with Crippen molar-refractivity contribution >= 4 is 15.0 Å². The highest BCUT2D eigenvalue weighted by molar-refractivity contribution is 7.96. The average Bonchev–Trinajstić information content (AvgIpc) is 2.66. The molecule has 2 N–H and O–H groups in total. The van der Waals surface area contributed by atoms with Crippen LogP contribution < -0.4 is 5.73 Å². The Morgan fingerprint density at radius 2 is 1.55 bits per heavy atom. The average molecular weight is 315 g/mol. The number of hydrogen-bond acceptors (Lipinski definition) is 4. The van der Waals surface area contributed by atoms with Crippen molar-refractivity contribution in [1.29, 1.82) is 0 Å². The number of benzene rings is 2. The lowest BCUT2D eigenvalue weighted by Crippen LogP contribution is -2.34. The summed E-state index contributed by atoms with van der Waals surface area (Å²) in [7, 11) is -3.86. The molecule has 114 valence electrons. The van der Waals surface area contributed by atoms with Gasteiger partial charge in [-0.15, -0.1) is 0 Å². The van der Waals surface area contributed by atoms with Crippen LogP contribution in [0.5, 0.6) is 0 Å². The second-order valence-electron chi connectivity index (χ2n) is 5.54. The highest BCUT2D eigenvalue weighted by Crippen LogP contribution is 2.41. The Balaban J connectivity index is 2.07. The first-order valence-electron chi connectivity index (χ1n) is 6.98. The minimum atomic E-state index is -3.86. The van der Waals surface area contributed by atoms with Crippen molar-refractivity contribution in [3.8, 4) is 0 Å². The van der Waals surface area contributed by atoms with E-state index in [9.17, 15) is 8.42 Å². The molecule has 1 heterocycles. The predicted molar refractivity (Wildman–Crippen MR) is 86.1 cm³/mol. The van der Waals surface area contributed by atoms with Crippen LogP contribution in [0.1, 0.15) is 18.1 Å². The van der Waals surface area contributed by atoms with Crippen LogP contribution in [0.15, 0.2) is 66.4 Å². The maximum Gasteiger partial charge on any atom is 0.300 e. The summed E-state index contributed by atoms with van der Waals surface area (Å²) in [5, 5.41) is 0. The molecule has 0 saturated heterocycles. The van der Waals surface area contributed by atoms with Gasteiger partial charge in [0.1, 0.15) is 10.5 Å². The smallest absolute Gasteiger partial charge is 0.300 e. The Hall–Kier alpha value is -2.11. The van der Waals surface area contributed by atoms with E-state index < -0.39 is 15.7 Å². The monoisotopic (exact) mass is 315 g/mol. The molecule has 0 spiro atoms. The first-order chi connectivity index (χ1) is 10.4. The summed E-state index contributed by atoms with van der Waals surface area (Å²) in [4.78, 5) is 0.0755. The Labute approximate surface area is 130 Å². The molecule has 1 atom stereocenters. The van der Waals surface area contributed by atoms with Crippen molar-refractivity contribution < 1.29 is 12.6 Å². The van der Waals surface area contributed by atoms with Gasteiger partial charge in [0, 0.05) is 6.42 Å². The second-order valence-corrected chi connectivity index (χ2v) is 7.02. The molecule has 1 aliphatic heterocycles. The van der Waals surface area contributed by atoms with Gasteiger partial charge in [-0.1, -0.05) is 60.7 Å². The maximum absolute atomic E-state index is 12.4. The molecule has 1 aliphatic rings. The zero-order chi connectivity index (χ0) is 15.8. The van der Waals surface area contributed by atoms with Gasteiger partial charge < -0.3 is 5.73 Å². The fourth-order valence-electron chi connectivity index (χ4n) is 2.70. The second kappa shape index (κ2) is 5.26. The van der Waals surface area contributed by atoms with E-state index in [1.807, 2.05) is 36.4 Å². The first-order valence-corrected chi connectivity index (χ1v) is 8.38. The fourth-order valence-corrected chi connectivity index (χ4v) is 4.33. The van der Waals surface area contributed by atoms with Gasteiger partial charge in [0.05, 0.1) is 5.70 Å². The fraction of sp³-hybridized carbons (Fsp3) is 0.176. The molecule has 0 saturated carbocycles. The van der Waals surface area contributed by atoms with Crippen LogP contribution in [-0.2, 0) is 20.7 Å². The zero-order valence-electron chi connectivity index (χ0n) is 12.2. The summed E-state index contributed by atoms with van der Waals surface area (Å²) < 4.78 is 30.2. The maximum atomic E-state index is 12.4. The molecule has 0 amide bonds. The predicted octanol–water partition coefficient (Wildman–Crippen LogP) is 2.68. The lowest BCUT2D eigenvalue weighted by atomic mass is 9.92. The van der Waals surface area contributed by atoms with E-state index in [1.165, 1.54) is 0 Å². The lowest BCUT2D eigenvalue weighted by molar-refractivity contribution is 0.148. The minimum absolute atomic E-state index is 0.0755. The number of hydrogen-bond donors (Lipinski definition) is 1. The van der Waals surface area contributed by atoms with E-state index in [0.29, 0.717) is 12.0 Å². The molecule has 0 aliphatic carbocycles. The Morgan fingerprint density at radius 3 is 2.14 bits per heavy atom. The molecule has 2 aromatic carbocycles. The van der Waals surface area contributed by atoms with E-state index in [0.717, 1.165) is 5.56 Å². The quantitative estimate of drug-likeness (QED) is 0.884. The van der Waals surface area contributed by atoms with Crippen LogP contribution in [0.25, 0.3) is 4.91 Å². The third kappa shape index (κ3) is 2.53. The molecular weight excluding hydrogens is 298 g/mol. The SMILES string of the molecule is CC1(Cc2ccccc2)OS(=O)(=O)C(c2ccccc2)=C1N. The molecule has 4 nitrogen and oxygen atoms in total. The van der Waals surface area contributed by atoms with E-state index >= 15 is 0 Å². The summed E-state index contributed by atoms with van der Waals surface area (Å²) in [6.45, 7) is 1.71. The third-order valence-electron chi connectivity index (χ3n) is 3.78. The standard InChI is InChI=1S/C17H17NO3S/c1-17(12-13-8-4-2-5-9-13)16(18)15(22(19,20)21-17)14-10-6-3-7-11-14/h2-11H,12,18H2,1H3. The molecule has 2 aromatic rings. The van der Waals surface area contributed by atoms with Crippen LogP contribution in [0.4, 0.5) is 0 Å². The van der Waals surface area contributed by atoms with Crippen molar-refractivity contribution in [3.05, 3.63) is 77.5 Å². The van der Waals surface area contributed by atoms with E-state index in [4.69, 9.17) is 9.92 Å². The van der Waals surface area contributed by atoms with Crippen molar-refractivity contribution in [2.24, 2.45) is 5.73 Å². The van der Waals surface area contributed by atoms with E-state index in [1.54, 1.807) is 31.2 Å². The summed E-state index contributed by atoms with van der Waals surface area (Å²) in [5.41, 5.74) is 6.90. The molecule has 22 heavy (non-hydrogen) atoms. The number of nitrogens with two attached hydrogens (primary N) is 1. The van der Waals surface area contributed by atoms with Gasteiger partial charge in [-0.25, -0.2) is 0 Å². The van der Waals surface area contributed by atoms with Crippen LogP contribution in [0, 0.1) is 0 Å².